The molecule has 12 heteroatoms. The first-order chi connectivity index (χ1) is 20.5. The van der Waals surface area contributed by atoms with E-state index in [1.807, 2.05) is 0 Å². The Morgan fingerprint density at radius 2 is 1.07 bits per heavy atom. The van der Waals surface area contributed by atoms with Crippen LogP contribution >= 0.6 is 0 Å². The highest BCUT2D eigenvalue weighted by atomic mass is 16.7. The number of rotatable bonds is 6. The third-order valence-electron chi connectivity index (χ3n) is 8.35. The van der Waals surface area contributed by atoms with Crippen LogP contribution in [0.15, 0.2) is 45.3 Å². The van der Waals surface area contributed by atoms with E-state index in [1.54, 1.807) is 42.5 Å². The lowest BCUT2D eigenvalue weighted by molar-refractivity contribution is -0.196. The van der Waals surface area contributed by atoms with Gasteiger partial charge < -0.3 is 47.8 Å². The molecule has 4 aliphatic rings. The van der Waals surface area contributed by atoms with Crippen LogP contribution in [0.2, 0.25) is 0 Å². The van der Waals surface area contributed by atoms with Gasteiger partial charge in [-0.3, -0.25) is 0 Å². The van der Waals surface area contributed by atoms with Crippen LogP contribution in [0.5, 0.6) is 0 Å². The van der Waals surface area contributed by atoms with Gasteiger partial charge in [-0.1, -0.05) is 0 Å². The third kappa shape index (κ3) is 7.64. The predicted octanol–water partition coefficient (Wildman–Crippen LogP) is 4.17. The first kappa shape index (κ1) is 31.2. The highest BCUT2D eigenvalue weighted by molar-refractivity contribution is 5.86. The van der Waals surface area contributed by atoms with Crippen LogP contribution in [-0.2, 0) is 23.7 Å². The Labute approximate surface area is 248 Å². The number of aromatic carboxylic acids is 1. The maximum atomic E-state index is 11.3. The highest BCUT2D eigenvalue weighted by Crippen LogP contribution is 2.42. The van der Waals surface area contributed by atoms with Crippen LogP contribution in [-0.4, -0.2) is 83.6 Å². The maximum Gasteiger partial charge on any atom is 0.373 e. The van der Waals surface area contributed by atoms with Crippen molar-refractivity contribution in [2.24, 2.45) is 0 Å². The van der Waals surface area contributed by atoms with E-state index >= 15 is 0 Å². The van der Waals surface area contributed by atoms with Crippen molar-refractivity contribution in [3.05, 3.63) is 59.5 Å². The first-order valence-corrected chi connectivity index (χ1v) is 14.5. The molecule has 2 spiro atoms. The number of methoxy groups -OCH3 is 1. The second-order valence-corrected chi connectivity index (χ2v) is 11.3. The second-order valence-electron chi connectivity index (χ2n) is 11.3. The SMILES string of the molecule is COC(=O)c1ccc(/C=C/C2(O)CCC3(CC2)OCCO3)o1.O=C(O)c1ccc(/C=C/C2(O)CCC3(CC2)OCCO3)o1. The summed E-state index contributed by atoms with van der Waals surface area (Å²) < 4.78 is 37.6. The molecule has 2 aromatic rings. The molecule has 0 atom stereocenters. The quantitative estimate of drug-likeness (QED) is 0.405. The van der Waals surface area contributed by atoms with E-state index in [0.29, 0.717) is 89.3 Å². The van der Waals surface area contributed by atoms with Crippen LogP contribution in [0.3, 0.4) is 0 Å². The molecule has 0 unspecified atom stereocenters. The molecule has 0 amide bonds. The molecule has 2 saturated heterocycles. The smallest absolute Gasteiger partial charge is 0.373 e. The van der Waals surface area contributed by atoms with Gasteiger partial charge >= 0.3 is 11.9 Å². The minimum absolute atomic E-state index is 0.114. The molecule has 6 rings (SSSR count). The number of ether oxygens (including phenoxy) is 5. The zero-order valence-electron chi connectivity index (χ0n) is 24.1. The lowest BCUT2D eigenvalue weighted by atomic mass is 9.81. The molecule has 4 heterocycles. The molecule has 0 bridgehead atoms. The van der Waals surface area contributed by atoms with E-state index in [2.05, 4.69) is 4.74 Å². The van der Waals surface area contributed by atoms with Crippen LogP contribution in [0.25, 0.3) is 12.2 Å². The van der Waals surface area contributed by atoms with Crippen molar-refractivity contribution in [1.29, 1.82) is 0 Å². The van der Waals surface area contributed by atoms with Crippen LogP contribution in [0.4, 0.5) is 0 Å². The standard InChI is InChI=1S/C16H20O6.C15H18O6/c1-19-14(17)13-3-2-12(22-13)4-5-15(18)6-8-16(9-7-15)20-10-11-21-16;16-13(17)12-2-1-11(21-12)3-4-14(18)5-7-15(8-6-14)19-9-10-20-15/h2-5,18H,6-11H2,1H3;1-4,18H,5-10H2,(H,16,17)/b5-4+;4-3+. The van der Waals surface area contributed by atoms with E-state index in [1.165, 1.54) is 13.2 Å². The van der Waals surface area contributed by atoms with Crippen LogP contribution in [0, 0.1) is 0 Å². The van der Waals surface area contributed by atoms with Gasteiger partial charge in [0.2, 0.25) is 11.5 Å². The summed E-state index contributed by atoms with van der Waals surface area (Å²) in [6, 6.07) is 6.17. The number of esters is 1. The van der Waals surface area contributed by atoms with Gasteiger partial charge in [0, 0.05) is 25.7 Å². The largest absolute Gasteiger partial charge is 0.475 e. The summed E-state index contributed by atoms with van der Waals surface area (Å²) in [5, 5.41) is 29.9. The van der Waals surface area contributed by atoms with Crippen molar-refractivity contribution in [2.45, 2.75) is 74.1 Å². The molecule has 2 aromatic heterocycles. The summed E-state index contributed by atoms with van der Waals surface area (Å²) in [5.41, 5.74) is -1.84. The van der Waals surface area contributed by atoms with Gasteiger partial charge in [0.15, 0.2) is 11.6 Å². The topological polar surface area (TPSA) is 167 Å². The molecule has 2 saturated carbocycles. The Hall–Kier alpha value is -3.26. The van der Waals surface area contributed by atoms with Gasteiger partial charge in [0.05, 0.1) is 44.7 Å². The molecule has 4 fully saturated rings. The average Bonchev–Trinajstić information content (AvgIpc) is 3.83. The maximum absolute atomic E-state index is 11.3. The fraction of sp³-hybridized carbons (Fsp3) is 0.548. The second kappa shape index (κ2) is 12.8. The zero-order chi connectivity index (χ0) is 30.6. The van der Waals surface area contributed by atoms with Gasteiger partial charge in [0.25, 0.3) is 0 Å². The van der Waals surface area contributed by atoms with E-state index in [0.717, 1.165) is 0 Å². The fourth-order valence-corrected chi connectivity index (χ4v) is 5.72. The van der Waals surface area contributed by atoms with Gasteiger partial charge in [-0.15, -0.1) is 0 Å². The van der Waals surface area contributed by atoms with Crippen LogP contribution in [0.1, 0.15) is 84.0 Å². The molecule has 3 N–H and O–H groups in total. The van der Waals surface area contributed by atoms with Crippen molar-refractivity contribution in [1.82, 2.24) is 0 Å². The van der Waals surface area contributed by atoms with Gasteiger partial charge in [0.1, 0.15) is 11.5 Å². The van der Waals surface area contributed by atoms with E-state index < -0.39 is 34.7 Å². The Bertz CT molecular complexity index is 1300. The monoisotopic (exact) mass is 602 g/mol. The Morgan fingerprint density at radius 3 is 1.44 bits per heavy atom. The molecule has 2 aliphatic heterocycles. The molecular weight excluding hydrogens is 564 g/mol. The van der Waals surface area contributed by atoms with Crippen LogP contribution < -0.4 is 0 Å². The van der Waals surface area contributed by atoms with E-state index in [9.17, 15) is 19.8 Å². The number of carbonyl (C=O) groups excluding carboxylic acids is 1. The van der Waals surface area contributed by atoms with Gasteiger partial charge in [-0.25, -0.2) is 9.59 Å². The number of hydrogen-bond donors (Lipinski definition) is 3. The molecule has 234 valence electrons. The van der Waals surface area contributed by atoms with Crippen molar-refractivity contribution in [3.63, 3.8) is 0 Å². The third-order valence-corrected chi connectivity index (χ3v) is 8.35. The molecule has 0 aromatic carbocycles. The molecular formula is C31H38O12. The normalized spacial score (nSPS) is 25.7. The number of carboxylic acid groups (broad SMARTS) is 1. The average molecular weight is 603 g/mol. The molecule has 0 radical (unpaired) electrons. The summed E-state index contributed by atoms with van der Waals surface area (Å²) in [4.78, 5) is 22.1. The summed E-state index contributed by atoms with van der Waals surface area (Å²) in [6.07, 6.45) is 11.5. The van der Waals surface area contributed by atoms with Crippen molar-refractivity contribution >= 4 is 24.1 Å². The number of carbonyl (C=O) groups is 2. The molecule has 43 heavy (non-hydrogen) atoms. The Balaban J connectivity index is 0.000000171. The predicted molar refractivity (Wildman–Crippen MR) is 150 cm³/mol. The first-order valence-electron chi connectivity index (χ1n) is 14.5. The summed E-state index contributed by atoms with van der Waals surface area (Å²) in [6.45, 7) is 2.46. The summed E-state index contributed by atoms with van der Waals surface area (Å²) >= 11 is 0. The summed E-state index contributed by atoms with van der Waals surface area (Å²) in [5.74, 6) is -1.69. The Morgan fingerprint density at radius 1 is 0.674 bits per heavy atom. The fourth-order valence-electron chi connectivity index (χ4n) is 5.72. The lowest BCUT2D eigenvalue weighted by Gasteiger charge is -2.39. The number of carboxylic acids is 1. The minimum Gasteiger partial charge on any atom is -0.475 e. The zero-order valence-corrected chi connectivity index (χ0v) is 24.1. The molecule has 2 aliphatic carbocycles. The van der Waals surface area contributed by atoms with E-state index in [-0.39, 0.29) is 11.5 Å². The van der Waals surface area contributed by atoms with Crippen molar-refractivity contribution in [2.75, 3.05) is 33.5 Å². The van der Waals surface area contributed by atoms with Crippen molar-refractivity contribution in [3.8, 4) is 0 Å². The summed E-state index contributed by atoms with van der Waals surface area (Å²) in [7, 11) is 1.30. The highest BCUT2D eigenvalue weighted by Gasteiger charge is 2.45. The minimum atomic E-state index is -1.11. The van der Waals surface area contributed by atoms with Gasteiger partial charge in [-0.05, 0) is 74.3 Å². The van der Waals surface area contributed by atoms with Gasteiger partial charge in [-0.2, -0.15) is 0 Å². The van der Waals surface area contributed by atoms with Crippen molar-refractivity contribution < 1.29 is 57.4 Å². The lowest BCUT2D eigenvalue weighted by Crippen LogP contribution is -2.42. The molecule has 12 nitrogen and oxygen atoms in total. The number of aliphatic hydroxyl groups is 2. The van der Waals surface area contributed by atoms with E-state index in [4.69, 9.17) is 32.9 Å². The number of hydrogen-bond acceptors (Lipinski definition) is 11. The number of furan rings is 2. The Kier molecular flexibility index (Phi) is 9.26.